The summed E-state index contributed by atoms with van der Waals surface area (Å²) in [5, 5.41) is 3.50. The molecule has 2 heteroatoms. The lowest BCUT2D eigenvalue weighted by molar-refractivity contribution is 0.461. The maximum Gasteiger partial charge on any atom is 0.000781 e. The van der Waals surface area contributed by atoms with E-state index >= 15 is 0 Å². The Hall–Kier alpha value is 0.250. The van der Waals surface area contributed by atoms with Gasteiger partial charge in [-0.1, -0.05) is 6.42 Å². The van der Waals surface area contributed by atoms with Gasteiger partial charge < -0.3 is 5.32 Å². The Balaban J connectivity index is 0.000000500. The van der Waals surface area contributed by atoms with Crippen molar-refractivity contribution in [2.75, 3.05) is 13.1 Å². The lowest BCUT2D eigenvalue weighted by atomic mass is 10.0. The van der Waals surface area contributed by atoms with Crippen LogP contribution in [-0.2, 0) is 0 Å². The molecule has 1 N–H and O–H groups in total. The molecular weight excluding hydrogens is 146 g/mol. The van der Waals surface area contributed by atoms with Crippen LogP contribution in [-0.4, -0.2) is 13.1 Å². The minimum Gasteiger partial charge on any atom is -0.316 e. The van der Waals surface area contributed by atoms with Gasteiger partial charge in [-0.05, 0) is 37.6 Å². The molecule has 0 aromatic heterocycles. The van der Waals surface area contributed by atoms with Gasteiger partial charge in [-0.15, -0.1) is 12.4 Å². The van der Waals surface area contributed by atoms with Gasteiger partial charge in [0.15, 0.2) is 0 Å². The van der Waals surface area contributed by atoms with E-state index in [0.717, 1.165) is 5.41 Å². The molecule has 0 radical (unpaired) electrons. The standard InChI is InChI=1S/C8H15N.ClH/c1-2-6-9-7-8(3-1)4-5-8;/h9H,1-7H2;1H. The number of nitrogens with one attached hydrogen (secondary N) is 1. The van der Waals surface area contributed by atoms with Gasteiger partial charge in [0.1, 0.15) is 0 Å². The quantitative estimate of drug-likeness (QED) is 0.573. The zero-order valence-electron chi connectivity index (χ0n) is 6.36. The van der Waals surface area contributed by atoms with Gasteiger partial charge in [0.25, 0.3) is 0 Å². The van der Waals surface area contributed by atoms with Gasteiger partial charge in [0.2, 0.25) is 0 Å². The highest BCUT2D eigenvalue weighted by Gasteiger charge is 2.41. The van der Waals surface area contributed by atoms with Crippen LogP contribution in [0, 0.1) is 5.41 Å². The third-order valence-corrected chi connectivity index (χ3v) is 2.77. The molecule has 1 nitrogen and oxygen atoms in total. The first kappa shape index (κ1) is 8.35. The average molecular weight is 162 g/mol. The van der Waals surface area contributed by atoms with Crippen molar-refractivity contribution < 1.29 is 0 Å². The summed E-state index contributed by atoms with van der Waals surface area (Å²) < 4.78 is 0. The summed E-state index contributed by atoms with van der Waals surface area (Å²) in [6.07, 6.45) is 7.37. The topological polar surface area (TPSA) is 12.0 Å². The van der Waals surface area contributed by atoms with Crippen molar-refractivity contribution in [3.05, 3.63) is 0 Å². The highest BCUT2D eigenvalue weighted by atomic mass is 35.5. The van der Waals surface area contributed by atoms with E-state index in [1.807, 2.05) is 0 Å². The van der Waals surface area contributed by atoms with E-state index in [1.165, 1.54) is 45.2 Å². The van der Waals surface area contributed by atoms with E-state index < -0.39 is 0 Å². The molecule has 1 aliphatic carbocycles. The first-order chi connectivity index (χ1) is 4.41. The van der Waals surface area contributed by atoms with Crippen LogP contribution in [0.2, 0.25) is 0 Å². The molecular formula is C8H16ClN. The van der Waals surface area contributed by atoms with Gasteiger partial charge in [-0.3, -0.25) is 0 Å². The number of rotatable bonds is 0. The first-order valence-electron chi connectivity index (χ1n) is 4.12. The number of hydrogen-bond acceptors (Lipinski definition) is 1. The first-order valence-corrected chi connectivity index (χ1v) is 4.12. The summed E-state index contributed by atoms with van der Waals surface area (Å²) in [7, 11) is 0. The summed E-state index contributed by atoms with van der Waals surface area (Å²) >= 11 is 0. The van der Waals surface area contributed by atoms with Gasteiger partial charge >= 0.3 is 0 Å². The minimum atomic E-state index is 0. The fourth-order valence-corrected chi connectivity index (χ4v) is 1.80. The molecule has 0 aromatic rings. The van der Waals surface area contributed by atoms with Gasteiger partial charge in [0, 0.05) is 6.54 Å². The average Bonchev–Trinajstić information content (AvgIpc) is 2.64. The molecule has 60 valence electrons. The predicted molar refractivity (Wildman–Crippen MR) is 45.6 cm³/mol. The van der Waals surface area contributed by atoms with Crippen LogP contribution in [0.4, 0.5) is 0 Å². The molecule has 0 amide bonds. The Morgan fingerprint density at radius 2 is 1.80 bits per heavy atom. The Labute approximate surface area is 69.0 Å². The highest BCUT2D eigenvalue weighted by molar-refractivity contribution is 5.85. The summed E-state index contributed by atoms with van der Waals surface area (Å²) in [6.45, 7) is 2.58. The third kappa shape index (κ3) is 1.64. The van der Waals surface area contributed by atoms with Crippen molar-refractivity contribution in [2.24, 2.45) is 5.41 Å². The second kappa shape index (κ2) is 3.10. The van der Waals surface area contributed by atoms with Crippen LogP contribution in [0.3, 0.4) is 0 Å². The van der Waals surface area contributed by atoms with Gasteiger partial charge in [-0.2, -0.15) is 0 Å². The van der Waals surface area contributed by atoms with E-state index in [1.54, 1.807) is 0 Å². The van der Waals surface area contributed by atoms with Crippen molar-refractivity contribution in [3.63, 3.8) is 0 Å². The summed E-state index contributed by atoms with van der Waals surface area (Å²) in [5.41, 5.74) is 0.802. The Bertz CT molecular complexity index is 99.8. The highest BCUT2D eigenvalue weighted by Crippen LogP contribution is 2.49. The zero-order valence-corrected chi connectivity index (χ0v) is 7.17. The molecule has 1 saturated heterocycles. The molecule has 0 unspecified atom stereocenters. The second-order valence-electron chi connectivity index (χ2n) is 3.63. The molecule has 1 saturated carbocycles. The number of hydrogen-bond donors (Lipinski definition) is 1. The van der Waals surface area contributed by atoms with Crippen LogP contribution in [0.25, 0.3) is 0 Å². The van der Waals surface area contributed by atoms with E-state index in [4.69, 9.17) is 0 Å². The zero-order chi connectivity index (χ0) is 6.16. The number of halogens is 1. The van der Waals surface area contributed by atoms with Crippen LogP contribution >= 0.6 is 12.4 Å². The van der Waals surface area contributed by atoms with E-state index in [0.29, 0.717) is 0 Å². The lowest BCUT2D eigenvalue weighted by Crippen LogP contribution is -2.21. The second-order valence-corrected chi connectivity index (χ2v) is 3.63. The maximum absolute atomic E-state index is 3.50. The van der Waals surface area contributed by atoms with Crippen LogP contribution in [0.1, 0.15) is 32.1 Å². The molecule has 1 spiro atoms. The van der Waals surface area contributed by atoms with Crippen LogP contribution < -0.4 is 5.32 Å². The van der Waals surface area contributed by atoms with Gasteiger partial charge in [0.05, 0.1) is 0 Å². The molecule has 1 heterocycles. The Morgan fingerprint density at radius 3 is 2.50 bits per heavy atom. The largest absolute Gasteiger partial charge is 0.316 e. The minimum absolute atomic E-state index is 0. The Kier molecular flexibility index (Phi) is 2.59. The SMILES string of the molecule is C1CCC2(CC2)CNC1.Cl. The summed E-state index contributed by atoms with van der Waals surface area (Å²) in [4.78, 5) is 0. The van der Waals surface area contributed by atoms with Crippen molar-refractivity contribution in [2.45, 2.75) is 32.1 Å². The van der Waals surface area contributed by atoms with Crippen LogP contribution in [0.5, 0.6) is 0 Å². The van der Waals surface area contributed by atoms with E-state index in [9.17, 15) is 0 Å². The van der Waals surface area contributed by atoms with Gasteiger partial charge in [-0.25, -0.2) is 0 Å². The summed E-state index contributed by atoms with van der Waals surface area (Å²) in [6, 6.07) is 0. The monoisotopic (exact) mass is 161 g/mol. The lowest BCUT2D eigenvalue weighted by Gasteiger charge is -2.08. The van der Waals surface area contributed by atoms with E-state index in [2.05, 4.69) is 5.32 Å². The molecule has 2 rings (SSSR count). The predicted octanol–water partition coefficient (Wildman–Crippen LogP) is 1.96. The maximum atomic E-state index is 3.50. The molecule has 2 aliphatic rings. The normalized spacial score (nSPS) is 28.8. The third-order valence-electron chi connectivity index (χ3n) is 2.77. The van der Waals surface area contributed by atoms with Crippen LogP contribution in [0.15, 0.2) is 0 Å². The molecule has 10 heavy (non-hydrogen) atoms. The van der Waals surface area contributed by atoms with Crippen molar-refractivity contribution in [1.82, 2.24) is 5.32 Å². The van der Waals surface area contributed by atoms with Crippen molar-refractivity contribution in [3.8, 4) is 0 Å². The molecule has 1 aliphatic heterocycles. The summed E-state index contributed by atoms with van der Waals surface area (Å²) in [5.74, 6) is 0. The van der Waals surface area contributed by atoms with Crippen molar-refractivity contribution in [1.29, 1.82) is 0 Å². The van der Waals surface area contributed by atoms with E-state index in [-0.39, 0.29) is 12.4 Å². The smallest absolute Gasteiger partial charge is 0.000781 e. The molecule has 0 aromatic carbocycles. The fraction of sp³-hybridized carbons (Fsp3) is 1.00. The molecule has 2 fully saturated rings. The fourth-order valence-electron chi connectivity index (χ4n) is 1.80. The molecule has 0 atom stereocenters. The van der Waals surface area contributed by atoms with Crippen molar-refractivity contribution >= 4 is 12.4 Å². The molecule has 0 bridgehead atoms. The Morgan fingerprint density at radius 1 is 1.00 bits per heavy atom.